The molecule has 7 heteroatoms. The molecule has 3 N–H and O–H groups in total. The number of nitrogens with one attached hydrogen (secondary N) is 1. The van der Waals surface area contributed by atoms with E-state index >= 15 is 0 Å². The van der Waals surface area contributed by atoms with E-state index in [4.69, 9.17) is 5.11 Å². The van der Waals surface area contributed by atoms with Crippen LogP contribution in [0.3, 0.4) is 0 Å². The summed E-state index contributed by atoms with van der Waals surface area (Å²) < 4.78 is 0. The van der Waals surface area contributed by atoms with E-state index in [1.54, 1.807) is 0 Å². The maximum Gasteiger partial charge on any atom is 0.342 e. The van der Waals surface area contributed by atoms with Crippen molar-refractivity contribution in [2.24, 2.45) is 11.8 Å². The van der Waals surface area contributed by atoms with Crippen LogP contribution < -0.4 is 5.32 Å². The third-order valence-electron chi connectivity index (χ3n) is 4.05. The van der Waals surface area contributed by atoms with Crippen LogP contribution in [0.5, 0.6) is 0 Å². The van der Waals surface area contributed by atoms with Crippen molar-refractivity contribution in [2.75, 3.05) is 18.5 Å². The van der Waals surface area contributed by atoms with Gasteiger partial charge >= 0.3 is 11.7 Å². The number of aliphatic hydroxyl groups is 1. The van der Waals surface area contributed by atoms with Crippen LogP contribution in [0.25, 0.3) is 0 Å². The average Bonchev–Trinajstić information content (AvgIpc) is 2.91. The molecule has 114 valence electrons. The average molecular weight is 294 g/mol. The molecule has 1 fully saturated rings. The van der Waals surface area contributed by atoms with Crippen molar-refractivity contribution < 1.29 is 19.9 Å². The largest absolute Gasteiger partial charge is 0.477 e. The molecule has 0 saturated heterocycles. The summed E-state index contributed by atoms with van der Waals surface area (Å²) >= 11 is 0. The van der Waals surface area contributed by atoms with E-state index in [0.29, 0.717) is 6.54 Å². The third-order valence-corrected chi connectivity index (χ3v) is 4.05. The number of anilines is 1. The summed E-state index contributed by atoms with van der Waals surface area (Å²) in [5, 5.41) is 32.4. The van der Waals surface area contributed by atoms with Crippen LogP contribution in [-0.4, -0.2) is 34.3 Å². The summed E-state index contributed by atoms with van der Waals surface area (Å²) in [7, 11) is 0. The first-order valence-corrected chi connectivity index (χ1v) is 6.90. The monoisotopic (exact) mass is 294 g/mol. The van der Waals surface area contributed by atoms with Gasteiger partial charge < -0.3 is 15.5 Å². The first-order valence-electron chi connectivity index (χ1n) is 6.90. The Balaban J connectivity index is 2.18. The fourth-order valence-electron chi connectivity index (χ4n) is 2.92. The van der Waals surface area contributed by atoms with Gasteiger partial charge in [-0.05, 0) is 36.8 Å². The number of benzene rings is 1. The minimum absolute atomic E-state index is 0.115. The summed E-state index contributed by atoms with van der Waals surface area (Å²) in [4.78, 5) is 21.5. The van der Waals surface area contributed by atoms with E-state index in [1.807, 2.05) is 0 Å². The first kappa shape index (κ1) is 15.2. The van der Waals surface area contributed by atoms with E-state index in [2.05, 4.69) is 5.32 Å². The van der Waals surface area contributed by atoms with Crippen molar-refractivity contribution in [1.29, 1.82) is 0 Å². The molecule has 0 aliphatic heterocycles. The molecule has 0 radical (unpaired) electrons. The summed E-state index contributed by atoms with van der Waals surface area (Å²) in [6.45, 7) is 0.610. The zero-order chi connectivity index (χ0) is 15.4. The minimum atomic E-state index is -1.32. The molecule has 7 nitrogen and oxygen atoms in total. The summed E-state index contributed by atoms with van der Waals surface area (Å²) in [6, 6.07) is 4.21. The van der Waals surface area contributed by atoms with Gasteiger partial charge in [-0.25, -0.2) is 4.79 Å². The zero-order valence-electron chi connectivity index (χ0n) is 11.5. The maximum atomic E-state index is 11.1. The third kappa shape index (κ3) is 3.30. The Labute approximate surface area is 121 Å². The van der Waals surface area contributed by atoms with Crippen molar-refractivity contribution in [3.63, 3.8) is 0 Å². The standard InChI is InChI=1S/C14H18N2O5/c17-8-10-4-1-3-9(10)7-15-12-6-2-5-11(14(18)19)13(12)16(20)21/h2,5-6,9-10,15,17H,1,3-4,7-8H2,(H,18,19). The number of carboxylic acid groups (broad SMARTS) is 1. The number of nitro benzene ring substituents is 1. The molecule has 21 heavy (non-hydrogen) atoms. The number of nitro groups is 1. The van der Waals surface area contributed by atoms with E-state index < -0.39 is 16.6 Å². The molecular weight excluding hydrogens is 276 g/mol. The van der Waals surface area contributed by atoms with E-state index in [1.165, 1.54) is 18.2 Å². The molecule has 1 aliphatic carbocycles. The van der Waals surface area contributed by atoms with Crippen LogP contribution in [0.15, 0.2) is 18.2 Å². The Bertz CT molecular complexity index is 546. The highest BCUT2D eigenvalue weighted by Gasteiger charge is 2.28. The maximum absolute atomic E-state index is 11.1. The Morgan fingerprint density at radius 1 is 1.38 bits per heavy atom. The molecule has 0 bridgehead atoms. The second kappa shape index (κ2) is 6.53. The lowest BCUT2D eigenvalue weighted by atomic mass is 9.97. The number of para-hydroxylation sites is 1. The topological polar surface area (TPSA) is 113 Å². The molecule has 1 aromatic carbocycles. The van der Waals surface area contributed by atoms with Crippen molar-refractivity contribution in [1.82, 2.24) is 0 Å². The molecular formula is C14H18N2O5. The second-order valence-electron chi connectivity index (χ2n) is 5.28. The Hall–Kier alpha value is -2.15. The number of hydrogen-bond donors (Lipinski definition) is 3. The van der Waals surface area contributed by atoms with Gasteiger partial charge in [-0.2, -0.15) is 0 Å². The van der Waals surface area contributed by atoms with Gasteiger partial charge in [0.1, 0.15) is 11.3 Å². The fraction of sp³-hybridized carbons (Fsp3) is 0.500. The molecule has 0 heterocycles. The number of nitrogens with zero attached hydrogens (tertiary/aromatic N) is 1. The minimum Gasteiger partial charge on any atom is -0.477 e. The van der Waals surface area contributed by atoms with E-state index in [0.717, 1.165) is 19.3 Å². The van der Waals surface area contributed by atoms with Gasteiger partial charge in [0.15, 0.2) is 0 Å². The summed E-state index contributed by atoms with van der Waals surface area (Å²) in [6.07, 6.45) is 2.96. The Kier molecular flexibility index (Phi) is 4.74. The lowest BCUT2D eigenvalue weighted by molar-refractivity contribution is -0.384. The quantitative estimate of drug-likeness (QED) is 0.547. The molecule has 2 rings (SSSR count). The number of aromatic carboxylic acids is 1. The molecule has 0 aromatic heterocycles. The molecule has 1 aliphatic rings. The summed E-state index contributed by atoms with van der Waals surface area (Å²) in [5.41, 5.74) is -0.526. The Morgan fingerprint density at radius 3 is 2.71 bits per heavy atom. The van der Waals surface area contributed by atoms with Gasteiger partial charge in [-0.1, -0.05) is 12.5 Å². The highest BCUT2D eigenvalue weighted by Crippen LogP contribution is 2.33. The van der Waals surface area contributed by atoms with Crippen molar-refractivity contribution in [2.45, 2.75) is 19.3 Å². The van der Waals surface area contributed by atoms with Crippen LogP contribution in [-0.2, 0) is 0 Å². The molecule has 2 atom stereocenters. The van der Waals surface area contributed by atoms with E-state index in [9.17, 15) is 20.0 Å². The van der Waals surface area contributed by atoms with E-state index in [-0.39, 0.29) is 29.7 Å². The Morgan fingerprint density at radius 2 is 2.10 bits per heavy atom. The lowest BCUT2D eigenvalue weighted by Gasteiger charge is -2.18. The van der Waals surface area contributed by atoms with Gasteiger partial charge in [-0.3, -0.25) is 10.1 Å². The SMILES string of the molecule is O=C(O)c1cccc(NCC2CCCC2CO)c1[N+](=O)[O-]. The van der Waals surface area contributed by atoms with Crippen molar-refractivity contribution in [3.05, 3.63) is 33.9 Å². The van der Waals surface area contributed by atoms with Gasteiger partial charge in [0.25, 0.3) is 0 Å². The number of rotatable bonds is 6. The van der Waals surface area contributed by atoms with Crippen LogP contribution in [0.4, 0.5) is 11.4 Å². The summed E-state index contributed by atoms with van der Waals surface area (Å²) in [5.74, 6) is -0.859. The molecule has 0 spiro atoms. The lowest BCUT2D eigenvalue weighted by Crippen LogP contribution is -2.21. The first-order chi connectivity index (χ1) is 10.0. The number of carbonyl (C=O) groups is 1. The van der Waals surface area contributed by atoms with Crippen LogP contribution in [0, 0.1) is 22.0 Å². The number of hydrogen-bond acceptors (Lipinski definition) is 5. The zero-order valence-corrected chi connectivity index (χ0v) is 11.5. The molecule has 1 aromatic rings. The van der Waals surface area contributed by atoms with Crippen LogP contribution in [0.2, 0.25) is 0 Å². The van der Waals surface area contributed by atoms with Crippen molar-refractivity contribution in [3.8, 4) is 0 Å². The van der Waals surface area contributed by atoms with Gasteiger partial charge in [0.2, 0.25) is 0 Å². The highest BCUT2D eigenvalue weighted by atomic mass is 16.6. The number of aliphatic hydroxyl groups excluding tert-OH is 1. The predicted molar refractivity (Wildman–Crippen MR) is 76.5 cm³/mol. The highest BCUT2D eigenvalue weighted by molar-refractivity contribution is 5.95. The smallest absolute Gasteiger partial charge is 0.342 e. The predicted octanol–water partition coefficient (Wildman–Crippen LogP) is 2.11. The second-order valence-corrected chi connectivity index (χ2v) is 5.28. The van der Waals surface area contributed by atoms with Gasteiger partial charge in [0, 0.05) is 13.2 Å². The molecule has 1 saturated carbocycles. The van der Waals surface area contributed by atoms with Crippen LogP contribution in [0.1, 0.15) is 29.6 Å². The number of carboxylic acids is 1. The normalized spacial score (nSPS) is 21.2. The van der Waals surface area contributed by atoms with Gasteiger partial charge in [0.05, 0.1) is 4.92 Å². The fourth-order valence-corrected chi connectivity index (χ4v) is 2.92. The van der Waals surface area contributed by atoms with Gasteiger partial charge in [-0.15, -0.1) is 0 Å². The molecule has 0 amide bonds. The van der Waals surface area contributed by atoms with Crippen molar-refractivity contribution >= 4 is 17.3 Å². The molecule has 2 unspecified atom stereocenters. The van der Waals surface area contributed by atoms with Crippen LogP contribution >= 0.6 is 0 Å².